The number of H-pyrrole nitrogens is 1. The minimum absolute atomic E-state index is 0.224. The highest BCUT2D eigenvalue weighted by Crippen LogP contribution is 2.21. The Labute approximate surface area is 143 Å². The lowest BCUT2D eigenvalue weighted by atomic mass is 10.3. The predicted molar refractivity (Wildman–Crippen MR) is 89.4 cm³/mol. The molecular weight excluding hydrogens is 320 g/mol. The number of aryl methyl sites for hydroxylation is 2. The molecule has 0 fully saturated rings. The second-order valence-corrected chi connectivity index (χ2v) is 5.11. The molecule has 2 N–H and O–H groups in total. The Morgan fingerprint density at radius 1 is 1.20 bits per heavy atom. The molecule has 0 bridgehead atoms. The average Bonchev–Trinajstić information content (AvgIpc) is 3.10. The normalized spacial score (nSPS) is 11.0. The van der Waals surface area contributed by atoms with Gasteiger partial charge >= 0.3 is 6.01 Å². The van der Waals surface area contributed by atoms with Crippen molar-refractivity contribution in [2.45, 2.75) is 13.8 Å². The maximum atomic E-state index is 9.11. The van der Waals surface area contributed by atoms with Crippen LogP contribution in [0.4, 0.5) is 5.69 Å². The molecule has 0 spiro atoms. The Kier molecular flexibility index (Phi) is 4.62. The van der Waals surface area contributed by atoms with E-state index >= 15 is 0 Å². The van der Waals surface area contributed by atoms with E-state index in [-0.39, 0.29) is 11.4 Å². The summed E-state index contributed by atoms with van der Waals surface area (Å²) in [5.41, 5.74) is 2.72. The first-order chi connectivity index (χ1) is 12.1. The first kappa shape index (κ1) is 16.1. The van der Waals surface area contributed by atoms with Crippen LogP contribution < -0.4 is 10.1 Å². The molecular formula is C16H14N8O. The molecule has 0 saturated heterocycles. The van der Waals surface area contributed by atoms with Gasteiger partial charge in [0.05, 0.1) is 0 Å². The fourth-order valence-electron chi connectivity index (χ4n) is 2.04. The molecule has 9 nitrogen and oxygen atoms in total. The fourth-order valence-corrected chi connectivity index (χ4v) is 2.04. The van der Waals surface area contributed by atoms with E-state index in [9.17, 15) is 0 Å². The number of aromatic amines is 1. The molecule has 3 aromatic rings. The monoisotopic (exact) mass is 334 g/mol. The summed E-state index contributed by atoms with van der Waals surface area (Å²) in [6.07, 6.45) is 1.51. The standard InChI is InChI=1S/C16H14N8O/c1-10-7-11(2)20-16(19-10)25-14-5-3-13(4-6-14)18-9-12(8-17)15-21-23-24-22-15/h3-7,9,18H,1-2H3,(H,21,22,23,24). The zero-order valence-corrected chi connectivity index (χ0v) is 13.6. The van der Waals surface area contributed by atoms with Crippen molar-refractivity contribution in [3.63, 3.8) is 0 Å². The summed E-state index contributed by atoms with van der Waals surface area (Å²) in [4.78, 5) is 8.47. The highest BCUT2D eigenvalue weighted by molar-refractivity contribution is 5.74. The van der Waals surface area contributed by atoms with E-state index in [4.69, 9.17) is 10.00 Å². The lowest BCUT2D eigenvalue weighted by Crippen LogP contribution is -1.96. The summed E-state index contributed by atoms with van der Waals surface area (Å²) < 4.78 is 5.65. The highest BCUT2D eigenvalue weighted by Gasteiger charge is 2.06. The molecule has 0 aliphatic heterocycles. The smallest absolute Gasteiger partial charge is 0.322 e. The zero-order chi connectivity index (χ0) is 17.6. The number of hydrogen-bond acceptors (Lipinski definition) is 8. The Hall–Kier alpha value is -3.80. The first-order valence-corrected chi connectivity index (χ1v) is 7.35. The summed E-state index contributed by atoms with van der Waals surface area (Å²) in [7, 11) is 0. The SMILES string of the molecule is Cc1cc(C)nc(Oc2ccc(NC=C(C#N)c3nn[nH]n3)cc2)n1. The van der Waals surface area contributed by atoms with Crippen molar-refractivity contribution >= 4 is 11.3 Å². The number of tetrazole rings is 1. The first-order valence-electron chi connectivity index (χ1n) is 7.35. The maximum Gasteiger partial charge on any atom is 0.322 e. The number of nitrogens with zero attached hydrogens (tertiary/aromatic N) is 6. The molecule has 0 aliphatic carbocycles. The van der Waals surface area contributed by atoms with Crippen molar-refractivity contribution in [1.29, 1.82) is 5.26 Å². The Bertz CT molecular complexity index is 906. The number of allylic oxidation sites excluding steroid dienone is 1. The molecule has 2 heterocycles. The van der Waals surface area contributed by atoms with Crippen molar-refractivity contribution in [3.05, 3.63) is 53.7 Å². The van der Waals surface area contributed by atoms with Gasteiger partial charge in [0.25, 0.3) is 0 Å². The van der Waals surface area contributed by atoms with E-state index in [0.717, 1.165) is 17.1 Å². The van der Waals surface area contributed by atoms with Gasteiger partial charge in [0, 0.05) is 23.3 Å². The topological polar surface area (TPSA) is 125 Å². The summed E-state index contributed by atoms with van der Waals surface area (Å²) in [5, 5.41) is 25.4. The van der Waals surface area contributed by atoms with Crippen LogP contribution in [0.15, 0.2) is 36.5 Å². The van der Waals surface area contributed by atoms with Crippen molar-refractivity contribution in [3.8, 4) is 17.8 Å². The third-order valence-corrected chi connectivity index (χ3v) is 3.12. The maximum absolute atomic E-state index is 9.11. The summed E-state index contributed by atoms with van der Waals surface area (Å²) in [5.74, 6) is 0.833. The molecule has 0 radical (unpaired) electrons. The number of nitrogens with one attached hydrogen (secondary N) is 2. The molecule has 2 aromatic heterocycles. The summed E-state index contributed by atoms with van der Waals surface area (Å²) in [6, 6.07) is 11.3. The molecule has 0 unspecified atom stereocenters. The van der Waals surface area contributed by atoms with Gasteiger partial charge in [-0.2, -0.15) is 10.5 Å². The number of anilines is 1. The van der Waals surface area contributed by atoms with Crippen molar-refractivity contribution in [2.75, 3.05) is 5.32 Å². The van der Waals surface area contributed by atoms with Gasteiger partial charge in [0.1, 0.15) is 17.4 Å². The van der Waals surface area contributed by atoms with Gasteiger partial charge in [-0.25, -0.2) is 9.97 Å². The number of hydrogen-bond donors (Lipinski definition) is 2. The van der Waals surface area contributed by atoms with Crippen molar-refractivity contribution in [1.82, 2.24) is 30.6 Å². The molecule has 0 amide bonds. The Morgan fingerprint density at radius 2 is 1.92 bits per heavy atom. The van der Waals surface area contributed by atoms with E-state index in [1.54, 1.807) is 24.3 Å². The van der Waals surface area contributed by atoms with E-state index < -0.39 is 0 Å². The second-order valence-electron chi connectivity index (χ2n) is 5.11. The Morgan fingerprint density at radius 3 is 2.52 bits per heavy atom. The van der Waals surface area contributed by atoms with E-state index in [1.807, 2.05) is 26.0 Å². The number of rotatable bonds is 5. The lowest BCUT2D eigenvalue weighted by Gasteiger charge is -2.07. The van der Waals surface area contributed by atoms with E-state index in [0.29, 0.717) is 11.8 Å². The van der Waals surface area contributed by atoms with E-state index in [2.05, 4.69) is 35.9 Å². The third kappa shape index (κ3) is 4.14. The van der Waals surface area contributed by atoms with Crippen LogP contribution in [0.3, 0.4) is 0 Å². The van der Waals surface area contributed by atoms with Crippen LogP contribution >= 0.6 is 0 Å². The molecule has 0 aliphatic rings. The van der Waals surface area contributed by atoms with Crippen molar-refractivity contribution < 1.29 is 4.74 Å². The Balaban J connectivity index is 1.69. The van der Waals surface area contributed by atoms with Crippen LogP contribution in [0.1, 0.15) is 17.2 Å². The third-order valence-electron chi connectivity index (χ3n) is 3.12. The van der Waals surface area contributed by atoms with Gasteiger partial charge in [-0.15, -0.1) is 10.2 Å². The highest BCUT2D eigenvalue weighted by atomic mass is 16.5. The minimum Gasteiger partial charge on any atom is -0.424 e. The van der Waals surface area contributed by atoms with E-state index in [1.165, 1.54) is 6.20 Å². The predicted octanol–water partition coefficient (Wildman–Crippen LogP) is 2.38. The quantitative estimate of drug-likeness (QED) is 0.681. The molecule has 0 saturated carbocycles. The van der Waals surface area contributed by atoms with Crippen LogP contribution in [0.5, 0.6) is 11.8 Å². The lowest BCUT2D eigenvalue weighted by molar-refractivity contribution is 0.439. The number of nitriles is 1. The zero-order valence-electron chi connectivity index (χ0n) is 13.6. The summed E-state index contributed by atoms with van der Waals surface area (Å²) >= 11 is 0. The number of benzene rings is 1. The number of ether oxygens (including phenoxy) is 1. The molecule has 0 atom stereocenters. The summed E-state index contributed by atoms with van der Waals surface area (Å²) in [6.45, 7) is 3.77. The average molecular weight is 334 g/mol. The molecule has 124 valence electrons. The largest absolute Gasteiger partial charge is 0.424 e. The van der Waals surface area contributed by atoms with Crippen LogP contribution in [-0.4, -0.2) is 30.6 Å². The molecule has 1 aromatic carbocycles. The molecule has 3 rings (SSSR count). The van der Waals surface area contributed by atoms with Crippen LogP contribution in [0.25, 0.3) is 5.57 Å². The van der Waals surface area contributed by atoms with Crippen LogP contribution in [0.2, 0.25) is 0 Å². The second kappa shape index (κ2) is 7.18. The van der Waals surface area contributed by atoms with Gasteiger partial charge < -0.3 is 10.1 Å². The van der Waals surface area contributed by atoms with Gasteiger partial charge in [0.2, 0.25) is 5.82 Å². The van der Waals surface area contributed by atoms with Crippen molar-refractivity contribution in [2.24, 2.45) is 0 Å². The van der Waals surface area contributed by atoms with Crippen LogP contribution in [-0.2, 0) is 0 Å². The van der Waals surface area contributed by atoms with Gasteiger partial charge in [-0.3, -0.25) is 0 Å². The van der Waals surface area contributed by atoms with Crippen LogP contribution in [0, 0.1) is 25.2 Å². The fraction of sp³-hybridized carbons (Fsp3) is 0.125. The minimum atomic E-state index is 0.224. The number of aromatic nitrogens is 6. The molecule has 9 heteroatoms. The molecule has 25 heavy (non-hydrogen) atoms. The van der Waals surface area contributed by atoms with Gasteiger partial charge in [-0.1, -0.05) is 0 Å². The van der Waals surface area contributed by atoms with Gasteiger partial charge in [-0.05, 0) is 49.4 Å². The van der Waals surface area contributed by atoms with Gasteiger partial charge in [0.15, 0.2) is 0 Å².